The van der Waals surface area contributed by atoms with Crippen molar-refractivity contribution in [2.45, 2.75) is 4.90 Å². The van der Waals surface area contributed by atoms with Crippen molar-refractivity contribution in [1.29, 1.82) is 0 Å². The molecule has 0 aliphatic carbocycles. The Morgan fingerprint density at radius 3 is 2.25 bits per heavy atom. The fraction of sp³-hybridized carbons (Fsp3) is 0.150. The first kappa shape index (κ1) is 23.0. The van der Waals surface area contributed by atoms with Gasteiger partial charge in [-0.15, -0.1) is 0 Å². The Morgan fingerprint density at radius 2 is 1.59 bits per heavy atom. The van der Waals surface area contributed by atoms with Crippen molar-refractivity contribution in [1.82, 2.24) is 9.97 Å². The van der Waals surface area contributed by atoms with E-state index in [0.29, 0.717) is 16.5 Å². The van der Waals surface area contributed by atoms with E-state index in [9.17, 15) is 8.42 Å². The number of nitrogens with one attached hydrogen (secondary N) is 3. The zero-order chi connectivity index (χ0) is 23.1. The van der Waals surface area contributed by atoms with Crippen LogP contribution in [0.5, 0.6) is 17.6 Å². The van der Waals surface area contributed by atoms with E-state index in [1.54, 1.807) is 25.3 Å². The Balaban J connectivity index is 1.68. The van der Waals surface area contributed by atoms with Gasteiger partial charge in [-0.05, 0) is 48.6 Å². The van der Waals surface area contributed by atoms with E-state index in [1.165, 1.54) is 32.4 Å². The molecule has 0 atom stereocenters. The minimum atomic E-state index is -3.91. The van der Waals surface area contributed by atoms with Crippen molar-refractivity contribution in [3.63, 3.8) is 0 Å². The minimum Gasteiger partial charge on any atom is -0.497 e. The number of benzene rings is 2. The van der Waals surface area contributed by atoms with Crippen LogP contribution in [0.2, 0.25) is 0 Å². The lowest BCUT2D eigenvalue weighted by atomic mass is 10.3. The molecule has 10 nitrogen and oxygen atoms in total. The Hall–Kier alpha value is -3.64. The van der Waals surface area contributed by atoms with Crippen LogP contribution in [0.4, 0.5) is 17.2 Å². The van der Waals surface area contributed by atoms with Gasteiger partial charge in [-0.3, -0.25) is 4.72 Å². The fourth-order valence-corrected chi connectivity index (χ4v) is 3.79. The molecule has 1 aromatic heterocycles. The number of thiocarbonyl (C=S) groups is 1. The molecule has 3 aromatic rings. The molecule has 32 heavy (non-hydrogen) atoms. The summed E-state index contributed by atoms with van der Waals surface area (Å²) < 4.78 is 43.0. The third-order valence-corrected chi connectivity index (χ3v) is 5.64. The van der Waals surface area contributed by atoms with E-state index >= 15 is 0 Å². The van der Waals surface area contributed by atoms with E-state index in [4.69, 9.17) is 26.4 Å². The summed E-state index contributed by atoms with van der Waals surface area (Å²) in [6.45, 7) is 0. The van der Waals surface area contributed by atoms with Gasteiger partial charge < -0.3 is 24.8 Å². The van der Waals surface area contributed by atoms with Gasteiger partial charge in [0.1, 0.15) is 5.75 Å². The van der Waals surface area contributed by atoms with Crippen LogP contribution in [0.3, 0.4) is 0 Å². The average molecular weight is 476 g/mol. The summed E-state index contributed by atoms with van der Waals surface area (Å²) in [4.78, 5) is 7.93. The zero-order valence-electron chi connectivity index (χ0n) is 17.4. The highest BCUT2D eigenvalue weighted by Crippen LogP contribution is 2.22. The van der Waals surface area contributed by atoms with Crippen molar-refractivity contribution in [2.24, 2.45) is 0 Å². The molecule has 0 aliphatic rings. The number of sulfonamides is 1. The van der Waals surface area contributed by atoms with Gasteiger partial charge >= 0.3 is 6.01 Å². The van der Waals surface area contributed by atoms with Crippen molar-refractivity contribution >= 4 is 44.5 Å². The zero-order valence-corrected chi connectivity index (χ0v) is 19.1. The summed E-state index contributed by atoms with van der Waals surface area (Å²) in [6, 6.07) is 14.7. The fourth-order valence-electron chi connectivity index (χ4n) is 2.56. The molecule has 0 spiro atoms. The lowest BCUT2D eigenvalue weighted by molar-refractivity contribution is 0.353. The molecule has 3 rings (SSSR count). The second kappa shape index (κ2) is 10.1. The lowest BCUT2D eigenvalue weighted by Gasteiger charge is -2.12. The van der Waals surface area contributed by atoms with Crippen LogP contribution in [0.25, 0.3) is 0 Å². The molecule has 0 amide bonds. The van der Waals surface area contributed by atoms with Gasteiger partial charge in [0.15, 0.2) is 10.9 Å². The predicted octanol–water partition coefficient (Wildman–Crippen LogP) is 3.11. The van der Waals surface area contributed by atoms with Gasteiger partial charge in [0.05, 0.1) is 26.2 Å². The number of methoxy groups -OCH3 is 3. The van der Waals surface area contributed by atoms with Crippen LogP contribution in [-0.4, -0.2) is 44.8 Å². The molecule has 1 heterocycles. The number of hydrogen-bond donors (Lipinski definition) is 3. The topological polar surface area (TPSA) is 124 Å². The molecule has 0 saturated carbocycles. The Kier molecular flexibility index (Phi) is 7.28. The highest BCUT2D eigenvalue weighted by atomic mass is 32.2. The minimum absolute atomic E-state index is 0.0135. The number of ether oxygens (including phenoxy) is 3. The number of hydrogen-bond acceptors (Lipinski definition) is 8. The molecule has 12 heteroatoms. The second-order valence-corrected chi connectivity index (χ2v) is 8.31. The standard InChI is InChI=1S/C20H21N5O5S2/c1-28-15-6-4-5-14(11-15)22-20(31)21-13-7-9-16(10-8-13)32(26,27)25-17-12-18(29-2)24-19(23-17)30-3/h4-12H,1-3H3,(H2,21,22,31)(H,23,24,25). The maximum absolute atomic E-state index is 12.7. The smallest absolute Gasteiger partial charge is 0.321 e. The van der Waals surface area contributed by atoms with Gasteiger partial charge in [-0.2, -0.15) is 9.97 Å². The Morgan fingerprint density at radius 1 is 0.875 bits per heavy atom. The molecule has 0 fully saturated rings. The lowest BCUT2D eigenvalue weighted by Crippen LogP contribution is -2.19. The summed E-state index contributed by atoms with van der Waals surface area (Å²) in [5.41, 5.74) is 1.36. The number of anilines is 3. The monoisotopic (exact) mass is 475 g/mol. The molecule has 0 aliphatic heterocycles. The summed E-state index contributed by atoms with van der Waals surface area (Å²) in [5, 5.41) is 6.37. The first-order valence-electron chi connectivity index (χ1n) is 9.15. The SMILES string of the molecule is COc1cccc(NC(=S)Nc2ccc(S(=O)(=O)Nc3cc(OC)nc(OC)n3)cc2)c1. The van der Waals surface area contributed by atoms with Gasteiger partial charge in [0.25, 0.3) is 10.0 Å². The Labute approximate surface area is 191 Å². The highest BCUT2D eigenvalue weighted by molar-refractivity contribution is 7.92. The number of aromatic nitrogens is 2. The molecular weight excluding hydrogens is 454 g/mol. The van der Waals surface area contributed by atoms with Crippen LogP contribution >= 0.6 is 12.2 Å². The van der Waals surface area contributed by atoms with E-state index < -0.39 is 10.0 Å². The van der Waals surface area contributed by atoms with E-state index in [1.807, 2.05) is 18.2 Å². The van der Waals surface area contributed by atoms with Crippen LogP contribution in [0.15, 0.2) is 59.5 Å². The number of rotatable bonds is 8. The van der Waals surface area contributed by atoms with Crippen molar-refractivity contribution in [3.8, 4) is 17.6 Å². The number of nitrogens with zero attached hydrogens (tertiary/aromatic N) is 2. The van der Waals surface area contributed by atoms with Crippen molar-refractivity contribution in [3.05, 3.63) is 54.6 Å². The van der Waals surface area contributed by atoms with Gasteiger partial charge in [-0.1, -0.05) is 6.07 Å². The van der Waals surface area contributed by atoms with Gasteiger partial charge in [0, 0.05) is 23.5 Å². The largest absolute Gasteiger partial charge is 0.497 e. The molecule has 0 unspecified atom stereocenters. The first-order chi connectivity index (χ1) is 15.3. The summed E-state index contributed by atoms with van der Waals surface area (Å²) >= 11 is 5.31. The molecular formula is C20H21N5O5S2. The third-order valence-electron chi connectivity index (χ3n) is 4.06. The van der Waals surface area contributed by atoms with Crippen molar-refractivity contribution in [2.75, 3.05) is 36.7 Å². The third kappa shape index (κ3) is 5.95. The Bertz CT molecular complexity index is 1180. The summed E-state index contributed by atoms with van der Waals surface area (Å²) in [5.74, 6) is 0.865. The first-order valence-corrected chi connectivity index (χ1v) is 11.0. The molecule has 0 radical (unpaired) electrons. The van der Waals surface area contributed by atoms with Crippen LogP contribution in [0.1, 0.15) is 0 Å². The maximum atomic E-state index is 12.7. The van der Waals surface area contributed by atoms with Gasteiger partial charge in [-0.25, -0.2) is 8.42 Å². The average Bonchev–Trinajstić information content (AvgIpc) is 2.78. The molecule has 0 bridgehead atoms. The van der Waals surface area contributed by atoms with Crippen LogP contribution < -0.4 is 29.6 Å². The van der Waals surface area contributed by atoms with Crippen molar-refractivity contribution < 1.29 is 22.6 Å². The molecule has 168 valence electrons. The van der Waals surface area contributed by atoms with E-state index in [0.717, 1.165) is 5.69 Å². The normalized spacial score (nSPS) is 10.7. The quantitative estimate of drug-likeness (QED) is 0.419. The van der Waals surface area contributed by atoms with Crippen LogP contribution in [-0.2, 0) is 10.0 Å². The highest BCUT2D eigenvalue weighted by Gasteiger charge is 2.17. The molecule has 2 aromatic carbocycles. The van der Waals surface area contributed by atoms with E-state index in [-0.39, 0.29) is 22.6 Å². The maximum Gasteiger partial charge on any atom is 0.321 e. The molecule has 0 saturated heterocycles. The second-order valence-electron chi connectivity index (χ2n) is 6.22. The van der Waals surface area contributed by atoms with Crippen LogP contribution in [0, 0.1) is 0 Å². The van der Waals surface area contributed by atoms with Gasteiger partial charge in [0.2, 0.25) is 5.88 Å². The summed E-state index contributed by atoms with van der Waals surface area (Å²) in [6.07, 6.45) is 0. The van der Waals surface area contributed by atoms with E-state index in [2.05, 4.69) is 25.3 Å². The summed E-state index contributed by atoms with van der Waals surface area (Å²) in [7, 11) is 0.445. The molecule has 3 N–H and O–H groups in total. The predicted molar refractivity (Wildman–Crippen MR) is 125 cm³/mol.